The number of aryl methyl sites for hydroxylation is 1. The van der Waals surface area contributed by atoms with Crippen LogP contribution in [0.25, 0.3) is 10.8 Å². The largest absolute Gasteiger partial charge is 0.376 e. The summed E-state index contributed by atoms with van der Waals surface area (Å²) in [6, 6.07) is 1.77. The van der Waals surface area contributed by atoms with Gasteiger partial charge < -0.3 is 15.0 Å². The van der Waals surface area contributed by atoms with E-state index in [4.69, 9.17) is 15.0 Å². The molecule has 0 spiro atoms. The predicted molar refractivity (Wildman–Crippen MR) is 77.5 cm³/mol. The molecule has 108 valence electrons. The van der Waals surface area contributed by atoms with Crippen molar-refractivity contribution in [3.8, 4) is 10.8 Å². The minimum Gasteiger partial charge on any atom is -0.376 e. The van der Waals surface area contributed by atoms with Gasteiger partial charge in [-0.2, -0.15) is 4.98 Å². The lowest BCUT2D eigenvalue weighted by molar-refractivity contribution is -0.00549. The summed E-state index contributed by atoms with van der Waals surface area (Å²) in [5.74, 6) is 1.08. The van der Waals surface area contributed by atoms with E-state index >= 15 is 0 Å². The molecule has 3 rings (SSSR count). The maximum atomic E-state index is 6.05. The molecule has 0 saturated heterocycles. The van der Waals surface area contributed by atoms with Crippen LogP contribution in [0.2, 0.25) is 0 Å². The summed E-state index contributed by atoms with van der Waals surface area (Å²) in [6.07, 6.45) is 4.85. The lowest BCUT2D eigenvalue weighted by Crippen LogP contribution is -2.27. The standard InChI is InChI=1S/C14H19N3O2S/c1-2-9-6-7-20-12(9)14-16-13(17-19-14)11(15)8-18-10-4-3-5-10/h6-7,10-11H,2-5,8,15H2,1H3. The van der Waals surface area contributed by atoms with Gasteiger partial charge in [0.1, 0.15) is 0 Å². The molecule has 1 fully saturated rings. The Morgan fingerprint density at radius 1 is 1.55 bits per heavy atom. The minimum absolute atomic E-state index is 0.321. The van der Waals surface area contributed by atoms with Gasteiger partial charge in [0.15, 0.2) is 5.82 Å². The third-order valence-corrected chi connectivity index (χ3v) is 4.60. The van der Waals surface area contributed by atoms with E-state index in [9.17, 15) is 0 Å². The van der Waals surface area contributed by atoms with Crippen LogP contribution < -0.4 is 5.73 Å². The van der Waals surface area contributed by atoms with E-state index < -0.39 is 0 Å². The van der Waals surface area contributed by atoms with Gasteiger partial charge in [-0.15, -0.1) is 11.3 Å². The molecule has 0 bridgehead atoms. The summed E-state index contributed by atoms with van der Waals surface area (Å²) in [5, 5.41) is 6.02. The molecule has 1 saturated carbocycles. The average Bonchev–Trinajstić information content (AvgIpc) is 3.04. The van der Waals surface area contributed by atoms with Crippen LogP contribution in [-0.4, -0.2) is 22.9 Å². The van der Waals surface area contributed by atoms with Crippen molar-refractivity contribution in [2.75, 3.05) is 6.61 Å². The summed E-state index contributed by atoms with van der Waals surface area (Å²) in [5.41, 5.74) is 7.28. The third kappa shape index (κ3) is 2.77. The first-order valence-corrected chi connectivity index (χ1v) is 7.93. The molecule has 1 unspecified atom stereocenters. The van der Waals surface area contributed by atoms with E-state index in [0.29, 0.717) is 24.4 Å². The quantitative estimate of drug-likeness (QED) is 0.886. The maximum Gasteiger partial charge on any atom is 0.268 e. The topological polar surface area (TPSA) is 74.2 Å². The Bertz CT molecular complexity index is 562. The Morgan fingerprint density at radius 2 is 2.40 bits per heavy atom. The van der Waals surface area contributed by atoms with Crippen LogP contribution in [0.1, 0.15) is 43.6 Å². The molecule has 0 aromatic carbocycles. The highest BCUT2D eigenvalue weighted by molar-refractivity contribution is 7.13. The lowest BCUT2D eigenvalue weighted by Gasteiger charge is -2.26. The zero-order chi connectivity index (χ0) is 13.9. The summed E-state index contributed by atoms with van der Waals surface area (Å²) in [4.78, 5) is 5.45. The molecular formula is C14H19N3O2S. The van der Waals surface area contributed by atoms with Crippen molar-refractivity contribution in [1.29, 1.82) is 0 Å². The molecule has 0 amide bonds. The molecule has 6 heteroatoms. The van der Waals surface area contributed by atoms with Crippen LogP contribution in [0.15, 0.2) is 16.0 Å². The molecule has 1 aliphatic carbocycles. The van der Waals surface area contributed by atoms with Crippen molar-refractivity contribution in [1.82, 2.24) is 10.1 Å². The summed E-state index contributed by atoms with van der Waals surface area (Å²) >= 11 is 1.61. The highest BCUT2D eigenvalue weighted by atomic mass is 32.1. The van der Waals surface area contributed by atoms with Crippen molar-refractivity contribution in [2.24, 2.45) is 5.73 Å². The molecule has 2 heterocycles. The van der Waals surface area contributed by atoms with Gasteiger partial charge in [-0.25, -0.2) is 0 Å². The van der Waals surface area contributed by atoms with Gasteiger partial charge in [0.2, 0.25) is 0 Å². The monoisotopic (exact) mass is 293 g/mol. The molecule has 1 aliphatic rings. The first kappa shape index (κ1) is 13.7. The van der Waals surface area contributed by atoms with E-state index in [-0.39, 0.29) is 6.04 Å². The third-order valence-electron chi connectivity index (χ3n) is 3.66. The molecule has 2 aromatic heterocycles. The van der Waals surface area contributed by atoms with Gasteiger partial charge in [0.25, 0.3) is 5.89 Å². The van der Waals surface area contributed by atoms with Gasteiger partial charge in [0, 0.05) is 0 Å². The van der Waals surface area contributed by atoms with Crippen molar-refractivity contribution in [3.63, 3.8) is 0 Å². The average molecular weight is 293 g/mol. The first-order valence-electron chi connectivity index (χ1n) is 7.05. The van der Waals surface area contributed by atoms with Crippen molar-refractivity contribution >= 4 is 11.3 Å². The van der Waals surface area contributed by atoms with E-state index in [1.54, 1.807) is 11.3 Å². The summed E-state index contributed by atoms with van der Waals surface area (Å²) in [6.45, 7) is 2.57. The number of aromatic nitrogens is 2. The number of nitrogens with two attached hydrogens (primary N) is 1. The molecule has 5 nitrogen and oxygen atoms in total. The zero-order valence-electron chi connectivity index (χ0n) is 11.5. The highest BCUT2D eigenvalue weighted by Gasteiger charge is 2.22. The Kier molecular flexibility index (Phi) is 4.14. The fraction of sp³-hybridized carbons (Fsp3) is 0.571. The van der Waals surface area contributed by atoms with E-state index in [1.807, 2.05) is 5.38 Å². The molecule has 2 N–H and O–H groups in total. The number of nitrogens with zero attached hydrogens (tertiary/aromatic N) is 2. The van der Waals surface area contributed by atoms with Crippen LogP contribution >= 0.6 is 11.3 Å². The normalized spacial score (nSPS) is 17.1. The number of hydrogen-bond acceptors (Lipinski definition) is 6. The highest BCUT2D eigenvalue weighted by Crippen LogP contribution is 2.29. The number of rotatable bonds is 6. The number of hydrogen-bond donors (Lipinski definition) is 1. The van der Waals surface area contributed by atoms with Gasteiger partial charge in [0.05, 0.1) is 23.6 Å². The smallest absolute Gasteiger partial charge is 0.268 e. The number of thiophene rings is 1. The summed E-state index contributed by atoms with van der Waals surface area (Å²) in [7, 11) is 0. The lowest BCUT2D eigenvalue weighted by atomic mass is 9.96. The zero-order valence-corrected chi connectivity index (χ0v) is 12.4. The minimum atomic E-state index is -0.321. The van der Waals surface area contributed by atoms with E-state index in [2.05, 4.69) is 23.1 Å². The Balaban J connectivity index is 1.66. The SMILES string of the molecule is CCc1ccsc1-c1nc(C(N)COC2CCC2)no1. The Hall–Kier alpha value is -1.24. The van der Waals surface area contributed by atoms with Crippen molar-refractivity contribution < 1.29 is 9.26 Å². The van der Waals surface area contributed by atoms with Gasteiger partial charge in [-0.3, -0.25) is 0 Å². The number of ether oxygens (including phenoxy) is 1. The van der Waals surface area contributed by atoms with Gasteiger partial charge in [-0.1, -0.05) is 12.1 Å². The van der Waals surface area contributed by atoms with E-state index in [1.165, 1.54) is 12.0 Å². The van der Waals surface area contributed by atoms with Crippen LogP contribution in [0.5, 0.6) is 0 Å². The van der Waals surface area contributed by atoms with Crippen LogP contribution in [0.3, 0.4) is 0 Å². The Morgan fingerprint density at radius 3 is 3.10 bits per heavy atom. The van der Waals surface area contributed by atoms with Gasteiger partial charge >= 0.3 is 0 Å². The molecule has 1 atom stereocenters. The maximum absolute atomic E-state index is 6.05. The fourth-order valence-electron chi connectivity index (χ4n) is 2.13. The van der Waals surface area contributed by atoms with Crippen LogP contribution in [0, 0.1) is 0 Å². The fourth-order valence-corrected chi connectivity index (χ4v) is 3.05. The molecule has 2 aromatic rings. The molecule has 0 radical (unpaired) electrons. The second-order valence-electron chi connectivity index (χ2n) is 5.08. The second-order valence-corrected chi connectivity index (χ2v) is 6.00. The summed E-state index contributed by atoms with van der Waals surface area (Å²) < 4.78 is 11.0. The molecule has 20 heavy (non-hydrogen) atoms. The van der Waals surface area contributed by atoms with Crippen LogP contribution in [-0.2, 0) is 11.2 Å². The predicted octanol–water partition coefficient (Wildman–Crippen LogP) is 2.93. The Labute approximate surface area is 122 Å². The van der Waals surface area contributed by atoms with Crippen molar-refractivity contribution in [3.05, 3.63) is 22.8 Å². The molecular weight excluding hydrogens is 274 g/mol. The first-order chi connectivity index (χ1) is 9.78. The molecule has 0 aliphatic heterocycles. The van der Waals surface area contributed by atoms with Crippen molar-refractivity contribution in [2.45, 2.75) is 44.8 Å². The van der Waals surface area contributed by atoms with Gasteiger partial charge in [-0.05, 0) is 42.7 Å². The van der Waals surface area contributed by atoms with E-state index in [0.717, 1.165) is 24.1 Å². The second kappa shape index (κ2) is 6.03. The van der Waals surface area contributed by atoms with Crippen LogP contribution in [0.4, 0.5) is 0 Å².